The molecule has 0 bridgehead atoms. The number of rotatable bonds is 2. The summed E-state index contributed by atoms with van der Waals surface area (Å²) in [6.07, 6.45) is 3.23. The second-order valence-corrected chi connectivity index (χ2v) is 4.57. The summed E-state index contributed by atoms with van der Waals surface area (Å²) < 4.78 is 0. The van der Waals surface area contributed by atoms with E-state index in [2.05, 4.69) is 22.9 Å². The van der Waals surface area contributed by atoms with Gasteiger partial charge in [0.15, 0.2) is 0 Å². The highest BCUT2D eigenvalue weighted by Crippen LogP contribution is 2.23. The van der Waals surface area contributed by atoms with Crippen molar-refractivity contribution in [2.75, 3.05) is 18.0 Å². The van der Waals surface area contributed by atoms with E-state index in [4.69, 9.17) is 5.73 Å². The van der Waals surface area contributed by atoms with E-state index in [1.807, 2.05) is 19.2 Å². The highest BCUT2D eigenvalue weighted by Gasteiger charge is 2.18. The summed E-state index contributed by atoms with van der Waals surface area (Å²) in [5, 5.41) is 0. The molecule has 2 N–H and O–H groups in total. The van der Waals surface area contributed by atoms with Crippen molar-refractivity contribution in [2.45, 2.75) is 26.3 Å². The number of nitrogens with zero attached hydrogens (tertiary/aromatic N) is 2. The number of nitrogens with two attached hydrogens (primary N) is 1. The van der Waals surface area contributed by atoms with Crippen molar-refractivity contribution >= 4 is 5.69 Å². The van der Waals surface area contributed by atoms with Crippen LogP contribution in [-0.4, -0.2) is 18.1 Å². The van der Waals surface area contributed by atoms with Crippen LogP contribution in [0.1, 0.15) is 32.0 Å². The van der Waals surface area contributed by atoms with Crippen molar-refractivity contribution in [3.63, 3.8) is 0 Å². The van der Waals surface area contributed by atoms with Gasteiger partial charge in [0.1, 0.15) is 0 Å². The number of aromatic nitrogens is 1. The summed E-state index contributed by atoms with van der Waals surface area (Å²) in [6.45, 7) is 6.56. The van der Waals surface area contributed by atoms with Crippen molar-refractivity contribution in [1.29, 1.82) is 0 Å². The lowest BCUT2D eigenvalue weighted by Crippen LogP contribution is -2.19. The average molecular weight is 205 g/mol. The lowest BCUT2D eigenvalue weighted by Gasteiger charge is -2.18. The molecule has 82 valence electrons. The fraction of sp³-hybridized carbons (Fsp3) is 0.583. The van der Waals surface area contributed by atoms with Crippen LogP contribution in [0, 0.1) is 5.92 Å². The van der Waals surface area contributed by atoms with Gasteiger partial charge in [0.2, 0.25) is 0 Å². The van der Waals surface area contributed by atoms with Crippen LogP contribution in [0.3, 0.4) is 0 Å². The second-order valence-electron chi connectivity index (χ2n) is 4.57. The van der Waals surface area contributed by atoms with Gasteiger partial charge in [0, 0.05) is 19.1 Å². The van der Waals surface area contributed by atoms with Crippen molar-refractivity contribution in [3.8, 4) is 0 Å². The van der Waals surface area contributed by atoms with Gasteiger partial charge >= 0.3 is 0 Å². The van der Waals surface area contributed by atoms with E-state index in [9.17, 15) is 0 Å². The fourth-order valence-corrected chi connectivity index (χ4v) is 2.02. The lowest BCUT2D eigenvalue weighted by molar-refractivity contribution is 0.659. The molecule has 2 heterocycles. The highest BCUT2D eigenvalue weighted by atomic mass is 15.2. The van der Waals surface area contributed by atoms with Crippen molar-refractivity contribution in [3.05, 3.63) is 24.0 Å². The molecule has 3 nitrogen and oxygen atoms in total. The molecular weight excluding hydrogens is 186 g/mol. The van der Waals surface area contributed by atoms with Crippen LogP contribution in [-0.2, 0) is 0 Å². The molecular formula is C12H19N3. The smallest absolute Gasteiger partial charge is 0.0569 e. The van der Waals surface area contributed by atoms with Gasteiger partial charge < -0.3 is 10.6 Å². The SMILES string of the molecule is CC1CCN(c2ccc(C(C)N)nc2)C1. The molecule has 1 aliphatic heterocycles. The summed E-state index contributed by atoms with van der Waals surface area (Å²) in [4.78, 5) is 6.77. The van der Waals surface area contributed by atoms with Crippen molar-refractivity contribution in [2.24, 2.45) is 11.7 Å². The predicted octanol–water partition coefficient (Wildman–Crippen LogP) is 1.95. The van der Waals surface area contributed by atoms with E-state index in [1.54, 1.807) is 0 Å². The summed E-state index contributed by atoms with van der Waals surface area (Å²) in [5.74, 6) is 0.804. The molecule has 1 fully saturated rings. The standard InChI is InChI=1S/C12H19N3/c1-9-5-6-15(8-9)11-3-4-12(10(2)13)14-7-11/h3-4,7,9-10H,5-6,8,13H2,1-2H3. The van der Waals surface area contributed by atoms with Gasteiger partial charge in [0.25, 0.3) is 0 Å². The molecule has 0 saturated carbocycles. The number of hydrogen-bond donors (Lipinski definition) is 1. The summed E-state index contributed by atoms with van der Waals surface area (Å²) in [7, 11) is 0. The molecule has 1 aliphatic rings. The minimum Gasteiger partial charge on any atom is -0.370 e. The third-order valence-electron chi connectivity index (χ3n) is 3.03. The Hall–Kier alpha value is -1.09. The Morgan fingerprint density at radius 2 is 2.33 bits per heavy atom. The third kappa shape index (κ3) is 2.29. The number of hydrogen-bond acceptors (Lipinski definition) is 3. The van der Waals surface area contributed by atoms with Crippen LogP contribution < -0.4 is 10.6 Å². The van der Waals surface area contributed by atoms with Gasteiger partial charge in [-0.15, -0.1) is 0 Å². The summed E-state index contributed by atoms with van der Waals surface area (Å²) in [5.41, 5.74) is 7.95. The molecule has 0 spiro atoms. The third-order valence-corrected chi connectivity index (χ3v) is 3.03. The Morgan fingerprint density at radius 1 is 1.53 bits per heavy atom. The number of pyridine rings is 1. The van der Waals surface area contributed by atoms with E-state index in [-0.39, 0.29) is 6.04 Å². The molecule has 2 atom stereocenters. The molecule has 0 aliphatic carbocycles. The van der Waals surface area contributed by atoms with Crippen LogP contribution >= 0.6 is 0 Å². The zero-order chi connectivity index (χ0) is 10.8. The molecule has 0 radical (unpaired) electrons. The first-order valence-corrected chi connectivity index (χ1v) is 5.63. The van der Waals surface area contributed by atoms with E-state index in [0.717, 1.165) is 24.7 Å². The number of anilines is 1. The lowest BCUT2D eigenvalue weighted by atomic mass is 10.2. The monoisotopic (exact) mass is 205 g/mol. The zero-order valence-corrected chi connectivity index (χ0v) is 9.48. The minimum absolute atomic E-state index is 0.0246. The maximum atomic E-state index is 5.76. The van der Waals surface area contributed by atoms with Gasteiger partial charge in [-0.3, -0.25) is 4.98 Å². The zero-order valence-electron chi connectivity index (χ0n) is 9.48. The van der Waals surface area contributed by atoms with Crippen molar-refractivity contribution in [1.82, 2.24) is 4.98 Å². The summed E-state index contributed by atoms with van der Waals surface area (Å²) >= 11 is 0. The van der Waals surface area contributed by atoms with Crippen LogP contribution in [0.15, 0.2) is 18.3 Å². The van der Waals surface area contributed by atoms with Crippen LogP contribution in [0.25, 0.3) is 0 Å². The van der Waals surface area contributed by atoms with Crippen molar-refractivity contribution < 1.29 is 0 Å². The summed E-state index contributed by atoms with van der Waals surface area (Å²) in [6, 6.07) is 4.18. The molecule has 0 aromatic carbocycles. The van der Waals surface area contributed by atoms with Crippen LogP contribution in [0.4, 0.5) is 5.69 Å². The van der Waals surface area contributed by atoms with E-state index in [0.29, 0.717) is 0 Å². The van der Waals surface area contributed by atoms with Crippen LogP contribution in [0.2, 0.25) is 0 Å². The molecule has 1 aromatic heterocycles. The largest absolute Gasteiger partial charge is 0.370 e. The Balaban J connectivity index is 2.10. The molecule has 0 amide bonds. The Bertz CT molecular complexity index is 318. The molecule has 2 unspecified atom stereocenters. The van der Waals surface area contributed by atoms with Gasteiger partial charge in [0.05, 0.1) is 17.6 Å². The molecule has 2 rings (SSSR count). The molecule has 1 aromatic rings. The fourth-order valence-electron chi connectivity index (χ4n) is 2.02. The Morgan fingerprint density at radius 3 is 2.80 bits per heavy atom. The predicted molar refractivity (Wildman–Crippen MR) is 62.8 cm³/mol. The van der Waals surface area contributed by atoms with E-state index in [1.165, 1.54) is 12.1 Å². The quantitative estimate of drug-likeness (QED) is 0.802. The topological polar surface area (TPSA) is 42.1 Å². The Kier molecular flexibility index (Phi) is 2.91. The van der Waals surface area contributed by atoms with E-state index < -0.39 is 0 Å². The van der Waals surface area contributed by atoms with Crippen LogP contribution in [0.5, 0.6) is 0 Å². The highest BCUT2D eigenvalue weighted by molar-refractivity contribution is 5.45. The first-order valence-electron chi connectivity index (χ1n) is 5.63. The van der Waals surface area contributed by atoms with Gasteiger partial charge in [-0.1, -0.05) is 6.92 Å². The second kappa shape index (κ2) is 4.19. The molecule has 15 heavy (non-hydrogen) atoms. The van der Waals surface area contributed by atoms with E-state index >= 15 is 0 Å². The Labute approximate surface area is 91.3 Å². The average Bonchev–Trinajstić information content (AvgIpc) is 2.65. The van der Waals surface area contributed by atoms with Gasteiger partial charge in [-0.05, 0) is 31.4 Å². The first kappa shape index (κ1) is 10.4. The normalized spacial score (nSPS) is 23.1. The minimum atomic E-state index is 0.0246. The first-order chi connectivity index (χ1) is 7.16. The maximum Gasteiger partial charge on any atom is 0.0569 e. The van der Waals surface area contributed by atoms with Gasteiger partial charge in [-0.25, -0.2) is 0 Å². The maximum absolute atomic E-state index is 5.76. The molecule has 1 saturated heterocycles. The van der Waals surface area contributed by atoms with Gasteiger partial charge in [-0.2, -0.15) is 0 Å². The molecule has 3 heteroatoms.